The van der Waals surface area contributed by atoms with Crippen LogP contribution >= 0.6 is 15.9 Å². The van der Waals surface area contributed by atoms with Crippen LogP contribution in [0.4, 0.5) is 5.95 Å². The molecule has 0 saturated heterocycles. The van der Waals surface area contributed by atoms with Crippen LogP contribution in [0, 0.1) is 0 Å². The molecule has 1 aromatic heterocycles. The number of halogens is 1. The zero-order valence-electron chi connectivity index (χ0n) is 11.2. The molecule has 1 heterocycles. The van der Waals surface area contributed by atoms with E-state index in [2.05, 4.69) is 31.1 Å². The number of rotatable bonds is 6. The highest BCUT2D eigenvalue weighted by atomic mass is 79.9. The third kappa shape index (κ3) is 4.23. The van der Waals surface area contributed by atoms with Crippen LogP contribution in [0.1, 0.15) is 20.3 Å². The van der Waals surface area contributed by atoms with E-state index in [9.17, 15) is 0 Å². The average molecular weight is 332 g/mol. The fourth-order valence-electron chi connectivity index (χ4n) is 1.50. The van der Waals surface area contributed by atoms with Crippen molar-refractivity contribution in [1.29, 1.82) is 0 Å². The van der Waals surface area contributed by atoms with Crippen LogP contribution in [0.15, 0.2) is 15.8 Å². The summed E-state index contributed by atoms with van der Waals surface area (Å²) in [5.74, 6) is 1.19. The van der Waals surface area contributed by atoms with Gasteiger partial charge in [0.2, 0.25) is 11.8 Å². The van der Waals surface area contributed by atoms with E-state index in [4.69, 9.17) is 15.7 Å². The molecule has 1 rings (SSSR count). The van der Waals surface area contributed by atoms with Crippen molar-refractivity contribution in [3.8, 4) is 5.88 Å². The Morgan fingerprint density at radius 1 is 1.63 bits per heavy atom. The maximum Gasteiger partial charge on any atom is 0.232 e. The van der Waals surface area contributed by atoms with Crippen LogP contribution in [0.5, 0.6) is 5.88 Å². The fraction of sp³-hybridized carbons (Fsp3) is 0.545. The minimum atomic E-state index is 0.176. The molecule has 0 radical (unpaired) electrons. The first-order valence-corrected chi connectivity index (χ1v) is 6.58. The van der Waals surface area contributed by atoms with Crippen molar-refractivity contribution in [2.75, 3.05) is 18.6 Å². The second-order valence-electron chi connectivity index (χ2n) is 4.16. The lowest BCUT2D eigenvalue weighted by Crippen LogP contribution is -2.35. The van der Waals surface area contributed by atoms with E-state index < -0.39 is 0 Å². The lowest BCUT2D eigenvalue weighted by atomic mass is 10.3. The van der Waals surface area contributed by atoms with Crippen LogP contribution in [0.2, 0.25) is 0 Å². The van der Waals surface area contributed by atoms with Crippen LogP contribution in [0.25, 0.3) is 0 Å². The standard InChI is InChI=1S/C11H18BrN5O2/c1-7(2)17(5-4-9(13)16-18)11-14-6-8(12)10(15-11)19-3/h6-7,18H,4-5H2,1-3H3,(H2,13,16). The van der Waals surface area contributed by atoms with Crippen molar-refractivity contribution in [3.05, 3.63) is 10.7 Å². The molecule has 0 bridgehead atoms. The first kappa shape index (κ1) is 15.5. The summed E-state index contributed by atoms with van der Waals surface area (Å²) >= 11 is 3.31. The Bertz CT molecular complexity index is 453. The minimum absolute atomic E-state index is 0.176. The van der Waals surface area contributed by atoms with Crippen molar-refractivity contribution < 1.29 is 9.94 Å². The molecular formula is C11H18BrN5O2. The van der Waals surface area contributed by atoms with E-state index >= 15 is 0 Å². The number of aromatic nitrogens is 2. The van der Waals surface area contributed by atoms with Gasteiger partial charge in [0.05, 0.1) is 17.8 Å². The van der Waals surface area contributed by atoms with E-state index in [1.54, 1.807) is 13.3 Å². The van der Waals surface area contributed by atoms with Gasteiger partial charge in [-0.25, -0.2) is 4.98 Å². The number of methoxy groups -OCH3 is 1. The number of hydrogen-bond donors (Lipinski definition) is 2. The molecule has 0 spiro atoms. The summed E-state index contributed by atoms with van der Waals surface area (Å²) in [7, 11) is 1.55. The largest absolute Gasteiger partial charge is 0.480 e. The summed E-state index contributed by atoms with van der Waals surface area (Å²) in [4.78, 5) is 10.5. The molecule has 0 aliphatic heterocycles. The van der Waals surface area contributed by atoms with Gasteiger partial charge >= 0.3 is 0 Å². The van der Waals surface area contributed by atoms with Gasteiger partial charge in [0.15, 0.2) is 0 Å². The molecule has 0 amide bonds. The molecule has 19 heavy (non-hydrogen) atoms. The van der Waals surface area contributed by atoms with Crippen LogP contribution < -0.4 is 15.4 Å². The predicted octanol–water partition coefficient (Wildman–Crippen LogP) is 1.60. The van der Waals surface area contributed by atoms with Gasteiger partial charge in [-0.15, -0.1) is 0 Å². The van der Waals surface area contributed by atoms with Crippen molar-refractivity contribution in [1.82, 2.24) is 9.97 Å². The number of nitrogens with zero attached hydrogens (tertiary/aromatic N) is 4. The van der Waals surface area contributed by atoms with Gasteiger partial charge in [0, 0.05) is 19.0 Å². The summed E-state index contributed by atoms with van der Waals surface area (Å²) in [5.41, 5.74) is 5.48. The first-order chi connectivity index (χ1) is 8.99. The van der Waals surface area contributed by atoms with Gasteiger partial charge in [-0.2, -0.15) is 4.98 Å². The van der Waals surface area contributed by atoms with Gasteiger partial charge in [-0.1, -0.05) is 5.16 Å². The molecular weight excluding hydrogens is 314 g/mol. The predicted molar refractivity (Wildman–Crippen MR) is 76.8 cm³/mol. The van der Waals surface area contributed by atoms with Crippen molar-refractivity contribution in [2.45, 2.75) is 26.3 Å². The lowest BCUT2D eigenvalue weighted by molar-refractivity contribution is 0.317. The number of hydrogen-bond acceptors (Lipinski definition) is 6. The summed E-state index contributed by atoms with van der Waals surface area (Å²) in [5, 5.41) is 11.5. The molecule has 3 N–H and O–H groups in total. The molecule has 8 heteroatoms. The van der Waals surface area contributed by atoms with E-state index in [1.165, 1.54) is 0 Å². The van der Waals surface area contributed by atoms with Gasteiger partial charge in [-0.05, 0) is 29.8 Å². The number of oxime groups is 1. The van der Waals surface area contributed by atoms with E-state index in [0.717, 1.165) is 0 Å². The third-order valence-corrected chi connectivity index (χ3v) is 3.05. The Hall–Kier alpha value is -1.57. The lowest BCUT2D eigenvalue weighted by Gasteiger charge is -2.26. The number of amidine groups is 1. The second-order valence-corrected chi connectivity index (χ2v) is 5.01. The van der Waals surface area contributed by atoms with E-state index in [1.807, 2.05) is 18.7 Å². The molecule has 0 aliphatic rings. The number of nitrogens with two attached hydrogens (primary N) is 1. The second kappa shape index (κ2) is 7.13. The van der Waals surface area contributed by atoms with Gasteiger partial charge in [0.25, 0.3) is 0 Å². The van der Waals surface area contributed by atoms with Gasteiger partial charge < -0.3 is 20.6 Å². The third-order valence-electron chi connectivity index (χ3n) is 2.51. The maximum absolute atomic E-state index is 8.56. The Morgan fingerprint density at radius 3 is 2.84 bits per heavy atom. The Balaban J connectivity index is 2.93. The fourth-order valence-corrected chi connectivity index (χ4v) is 1.85. The zero-order chi connectivity index (χ0) is 14.4. The van der Waals surface area contributed by atoms with Crippen molar-refractivity contribution in [2.24, 2.45) is 10.9 Å². The van der Waals surface area contributed by atoms with Crippen molar-refractivity contribution >= 4 is 27.7 Å². The Morgan fingerprint density at radius 2 is 2.32 bits per heavy atom. The van der Waals surface area contributed by atoms with Crippen LogP contribution in [-0.4, -0.2) is 40.7 Å². The quantitative estimate of drug-likeness (QED) is 0.355. The van der Waals surface area contributed by atoms with Crippen LogP contribution in [0.3, 0.4) is 0 Å². The summed E-state index contributed by atoms with van der Waals surface area (Å²) < 4.78 is 5.84. The van der Waals surface area contributed by atoms with Gasteiger partial charge in [0.1, 0.15) is 5.84 Å². The zero-order valence-corrected chi connectivity index (χ0v) is 12.8. The SMILES string of the molecule is COc1nc(N(CCC(N)=NO)C(C)C)ncc1Br. The highest BCUT2D eigenvalue weighted by Gasteiger charge is 2.16. The molecule has 0 aromatic carbocycles. The summed E-state index contributed by atoms with van der Waals surface area (Å²) in [6.45, 7) is 4.59. The maximum atomic E-state index is 8.56. The summed E-state index contributed by atoms with van der Waals surface area (Å²) in [6.07, 6.45) is 2.07. The molecule has 0 saturated carbocycles. The van der Waals surface area contributed by atoms with Crippen LogP contribution in [-0.2, 0) is 0 Å². The average Bonchev–Trinajstić information content (AvgIpc) is 2.39. The number of anilines is 1. The Kier molecular flexibility index (Phi) is 5.81. The normalized spacial score (nSPS) is 11.7. The Labute approximate surface area is 120 Å². The molecule has 1 aromatic rings. The molecule has 106 valence electrons. The smallest absolute Gasteiger partial charge is 0.232 e. The van der Waals surface area contributed by atoms with E-state index in [0.29, 0.717) is 29.3 Å². The molecule has 7 nitrogen and oxygen atoms in total. The highest BCUT2D eigenvalue weighted by molar-refractivity contribution is 9.10. The minimum Gasteiger partial charge on any atom is -0.480 e. The molecule has 0 unspecified atom stereocenters. The first-order valence-electron chi connectivity index (χ1n) is 5.79. The van der Waals surface area contributed by atoms with Gasteiger partial charge in [-0.3, -0.25) is 0 Å². The molecule has 0 atom stereocenters. The van der Waals surface area contributed by atoms with E-state index in [-0.39, 0.29) is 11.9 Å². The van der Waals surface area contributed by atoms with Crippen molar-refractivity contribution in [3.63, 3.8) is 0 Å². The topological polar surface area (TPSA) is 96.9 Å². The summed E-state index contributed by atoms with van der Waals surface area (Å²) in [6, 6.07) is 0.178. The number of ether oxygens (including phenoxy) is 1. The monoisotopic (exact) mass is 331 g/mol. The molecule has 0 aliphatic carbocycles. The highest BCUT2D eigenvalue weighted by Crippen LogP contribution is 2.24. The molecule has 0 fully saturated rings.